The van der Waals surface area contributed by atoms with E-state index >= 15 is 0 Å². The van der Waals surface area contributed by atoms with Crippen molar-refractivity contribution in [3.8, 4) is 0 Å². The van der Waals surface area contributed by atoms with Crippen LogP contribution in [-0.2, 0) is 33.0 Å². The first kappa shape index (κ1) is 44.0. The summed E-state index contributed by atoms with van der Waals surface area (Å²) in [5, 5.41) is 51.6. The van der Waals surface area contributed by atoms with Crippen LogP contribution in [-0.4, -0.2) is 66.3 Å². The van der Waals surface area contributed by atoms with E-state index in [1.807, 2.05) is 0 Å². The van der Waals surface area contributed by atoms with Crippen LogP contribution in [0.2, 0.25) is 0 Å². The van der Waals surface area contributed by atoms with Crippen LogP contribution >= 0.6 is 37.7 Å². The summed E-state index contributed by atoms with van der Waals surface area (Å²) in [7, 11) is 19.7. The molecule has 0 spiro atoms. The Morgan fingerprint density at radius 1 is 0.500 bits per heavy atom. The van der Waals surface area contributed by atoms with E-state index in [-0.39, 0.29) is 13.2 Å². The summed E-state index contributed by atoms with van der Waals surface area (Å²) in [6.07, 6.45) is 0. The second-order valence-electron chi connectivity index (χ2n) is 6.99. The van der Waals surface area contributed by atoms with Crippen molar-refractivity contribution in [2.75, 3.05) is 13.2 Å². The number of halogens is 4. The maximum atomic E-state index is 9.10. The third-order valence-electron chi connectivity index (χ3n) is 2.99. The van der Waals surface area contributed by atoms with Gasteiger partial charge in [-0.3, -0.25) is 0 Å². The molecule has 0 atom stereocenters. The van der Waals surface area contributed by atoms with E-state index in [1.165, 1.54) is 0 Å². The Kier molecular flexibility index (Phi) is 40.2. The number of rotatable bonds is 2. The zero-order chi connectivity index (χ0) is 24.8. The third kappa shape index (κ3) is 51.2. The average molecular weight is 838 g/mol. The van der Waals surface area contributed by atoms with Gasteiger partial charge < -0.3 is 30.6 Å². The molecule has 0 aromatic heterocycles. The predicted octanol–water partition coefficient (Wildman–Crippen LogP) is 3.81. The van der Waals surface area contributed by atoms with Crippen LogP contribution in [0.15, 0.2) is 0 Å². The fourth-order valence-corrected chi connectivity index (χ4v) is 0. The standard InChI is InChI=1S/2C6H14O2.2C2H6O.4ClH.2W/c2*1-5(2,7)6(3,4)8;2*1-2-3;;;;;;/h2*7-8H,1-4H3;2*3H,2H2,1H3;4*1H;;/q;;;;;;;;2*+2/p-4. The van der Waals surface area contributed by atoms with E-state index < -0.39 is 55.4 Å². The second-order valence-corrected chi connectivity index (χ2v) is 15.5. The molecule has 0 aromatic carbocycles. The predicted molar refractivity (Wildman–Crippen MR) is 114 cm³/mol. The third-order valence-corrected chi connectivity index (χ3v) is 2.99. The van der Waals surface area contributed by atoms with Crippen LogP contribution in [0.3, 0.4) is 0 Å². The second kappa shape index (κ2) is 25.6. The molecule has 180 valence electrons. The van der Waals surface area contributed by atoms with Gasteiger partial charge in [0.2, 0.25) is 0 Å². The van der Waals surface area contributed by atoms with Gasteiger partial charge in [-0.05, 0) is 69.2 Å². The van der Waals surface area contributed by atoms with E-state index in [9.17, 15) is 0 Å². The van der Waals surface area contributed by atoms with Gasteiger partial charge in [-0.2, -0.15) is 0 Å². The summed E-state index contributed by atoms with van der Waals surface area (Å²) < 4.78 is 0. The van der Waals surface area contributed by atoms with Crippen LogP contribution in [0.25, 0.3) is 0 Å². The molecular weight excluding hydrogens is 798 g/mol. The van der Waals surface area contributed by atoms with Gasteiger partial charge in [0.1, 0.15) is 0 Å². The van der Waals surface area contributed by atoms with Gasteiger partial charge in [-0.1, -0.05) is 0 Å². The van der Waals surface area contributed by atoms with E-state index in [4.69, 9.17) is 68.3 Å². The Labute approximate surface area is 204 Å². The van der Waals surface area contributed by atoms with Crippen molar-refractivity contribution in [2.24, 2.45) is 0 Å². The average Bonchev–Trinajstić information content (AvgIpc) is 2.38. The quantitative estimate of drug-likeness (QED) is 0.252. The van der Waals surface area contributed by atoms with Crippen LogP contribution in [0, 0.1) is 0 Å². The molecule has 6 N–H and O–H groups in total. The Morgan fingerprint density at radius 2 is 0.536 bits per heavy atom. The fourth-order valence-electron chi connectivity index (χ4n) is 0. The number of aliphatic hydroxyl groups is 6. The molecule has 0 rings (SSSR count). The molecule has 0 aromatic rings. The molecule has 28 heavy (non-hydrogen) atoms. The molecule has 0 radical (unpaired) electrons. The number of aliphatic hydroxyl groups excluding tert-OH is 2. The van der Waals surface area contributed by atoms with E-state index in [2.05, 4.69) is 0 Å². The van der Waals surface area contributed by atoms with Crippen molar-refractivity contribution in [3.05, 3.63) is 0 Å². The Hall–Kier alpha value is 2.30. The van der Waals surface area contributed by atoms with Crippen molar-refractivity contribution < 1.29 is 63.6 Å². The molecule has 0 saturated heterocycles. The Balaban J connectivity index is -0.0000000561. The molecule has 0 bridgehead atoms. The Morgan fingerprint density at radius 3 is 0.536 bits per heavy atom. The van der Waals surface area contributed by atoms with Gasteiger partial charge in [-0.15, -0.1) is 0 Å². The molecule has 0 aliphatic carbocycles. The van der Waals surface area contributed by atoms with Gasteiger partial charge in [0, 0.05) is 13.2 Å². The summed E-state index contributed by atoms with van der Waals surface area (Å²) in [6.45, 7) is 16.5. The number of hydrogen-bond acceptors (Lipinski definition) is 6. The molecular formula is C16H40Cl4O6W2. The maximum absolute atomic E-state index is 9.10. The summed E-state index contributed by atoms with van der Waals surface area (Å²) >= 11 is -1.61. The van der Waals surface area contributed by atoms with Crippen molar-refractivity contribution in [1.82, 2.24) is 0 Å². The van der Waals surface area contributed by atoms with E-state index in [0.29, 0.717) is 0 Å². The summed E-state index contributed by atoms with van der Waals surface area (Å²) in [6, 6.07) is 0. The van der Waals surface area contributed by atoms with Crippen LogP contribution in [0.5, 0.6) is 0 Å². The minimum atomic E-state index is -1.01. The summed E-state index contributed by atoms with van der Waals surface area (Å²) in [5.41, 5.74) is -4.03. The molecule has 12 heteroatoms. The van der Waals surface area contributed by atoms with Gasteiger partial charge in [0.25, 0.3) is 0 Å². The van der Waals surface area contributed by atoms with Crippen molar-refractivity contribution >= 4 is 37.7 Å². The summed E-state index contributed by atoms with van der Waals surface area (Å²) in [5.74, 6) is 0. The van der Waals surface area contributed by atoms with Crippen molar-refractivity contribution in [1.29, 1.82) is 0 Å². The van der Waals surface area contributed by atoms with Gasteiger partial charge in [0.05, 0.1) is 22.4 Å². The van der Waals surface area contributed by atoms with Crippen molar-refractivity contribution in [2.45, 2.75) is 91.6 Å². The zero-order valence-electron chi connectivity index (χ0n) is 18.4. The molecule has 6 nitrogen and oxygen atoms in total. The molecule has 0 aliphatic rings. The van der Waals surface area contributed by atoms with Crippen LogP contribution in [0.4, 0.5) is 0 Å². The van der Waals surface area contributed by atoms with Crippen LogP contribution < -0.4 is 0 Å². The molecule has 0 saturated carbocycles. The van der Waals surface area contributed by atoms with Crippen LogP contribution in [0.1, 0.15) is 69.2 Å². The van der Waals surface area contributed by atoms with Gasteiger partial charge in [-0.25, -0.2) is 0 Å². The van der Waals surface area contributed by atoms with Crippen molar-refractivity contribution in [3.63, 3.8) is 0 Å². The monoisotopic (exact) mass is 836 g/mol. The van der Waals surface area contributed by atoms with E-state index in [0.717, 1.165) is 0 Å². The molecule has 0 amide bonds. The number of hydrogen-bond donors (Lipinski definition) is 6. The first-order valence-corrected chi connectivity index (χ1v) is 22.6. The van der Waals surface area contributed by atoms with Gasteiger partial charge >= 0.3 is 70.6 Å². The molecule has 0 unspecified atom stereocenters. The summed E-state index contributed by atoms with van der Waals surface area (Å²) in [4.78, 5) is 0. The van der Waals surface area contributed by atoms with E-state index in [1.54, 1.807) is 69.2 Å². The van der Waals surface area contributed by atoms with Gasteiger partial charge in [0.15, 0.2) is 0 Å². The molecule has 0 heterocycles. The SMILES string of the molecule is CC(C)(O)C(C)(C)O.CC(C)(O)C(C)(C)O.CCO.CCO.[Cl][W][Cl].[Cl][W][Cl]. The Bertz CT molecular complexity index is 220. The molecule has 0 aliphatic heterocycles. The minimum absolute atomic E-state index is 0.250. The normalized spacial score (nSPS) is 10.7. The first-order valence-electron chi connectivity index (χ1n) is 8.06. The zero-order valence-corrected chi connectivity index (χ0v) is 27.3. The first-order chi connectivity index (χ1) is 12.2. The topological polar surface area (TPSA) is 121 Å². The fraction of sp³-hybridized carbons (Fsp3) is 1.00. The molecule has 0 fully saturated rings.